The lowest BCUT2D eigenvalue weighted by atomic mass is 9.95. The molecule has 0 saturated carbocycles. The Kier molecular flexibility index (Phi) is 6.07. The number of hydrogen-bond donors (Lipinski definition) is 1. The normalized spacial score (nSPS) is 14.7. The van der Waals surface area contributed by atoms with Crippen LogP contribution >= 0.6 is 0 Å². The number of tetrazole rings is 1. The van der Waals surface area contributed by atoms with Gasteiger partial charge in [0.05, 0.1) is 5.69 Å². The molecule has 0 radical (unpaired) electrons. The van der Waals surface area contributed by atoms with Crippen LogP contribution in [0, 0.1) is 5.92 Å². The van der Waals surface area contributed by atoms with Crippen LogP contribution in [0.5, 0.6) is 0 Å². The van der Waals surface area contributed by atoms with Crippen molar-refractivity contribution in [2.75, 3.05) is 23.3 Å². The third-order valence-corrected chi connectivity index (χ3v) is 5.85. The van der Waals surface area contributed by atoms with Crippen LogP contribution in [-0.2, 0) is 17.6 Å². The fraction of sp³-hybridized carbons (Fsp3) is 0.391. The molecule has 1 fully saturated rings. The van der Waals surface area contributed by atoms with E-state index < -0.39 is 0 Å². The number of para-hydroxylation sites is 2. The van der Waals surface area contributed by atoms with E-state index in [1.165, 1.54) is 11.1 Å². The van der Waals surface area contributed by atoms with E-state index in [1.54, 1.807) is 4.68 Å². The number of carbonyl (C=O) groups excluding carboxylic acids is 1. The number of amides is 1. The lowest BCUT2D eigenvalue weighted by Crippen LogP contribution is -2.39. The summed E-state index contributed by atoms with van der Waals surface area (Å²) in [6.45, 7) is 5.75. The minimum absolute atomic E-state index is 0.00285. The van der Waals surface area contributed by atoms with Crippen molar-refractivity contribution in [1.29, 1.82) is 0 Å². The zero-order valence-corrected chi connectivity index (χ0v) is 17.6. The highest BCUT2D eigenvalue weighted by atomic mass is 16.1. The molecule has 1 aromatic heterocycles. The predicted molar refractivity (Wildman–Crippen MR) is 118 cm³/mol. The number of aromatic nitrogens is 4. The lowest BCUT2D eigenvalue weighted by molar-refractivity contribution is -0.120. The third-order valence-electron chi connectivity index (χ3n) is 5.85. The number of benzene rings is 2. The van der Waals surface area contributed by atoms with Crippen LogP contribution in [0.25, 0.3) is 5.69 Å². The largest absolute Gasteiger partial charge is 0.339 e. The van der Waals surface area contributed by atoms with Gasteiger partial charge in [0.15, 0.2) is 0 Å². The van der Waals surface area contributed by atoms with E-state index in [2.05, 4.69) is 57.8 Å². The number of rotatable bonds is 6. The van der Waals surface area contributed by atoms with Crippen molar-refractivity contribution in [3.63, 3.8) is 0 Å². The second-order valence-electron chi connectivity index (χ2n) is 7.64. The number of aryl methyl sites for hydroxylation is 2. The van der Waals surface area contributed by atoms with Crippen LogP contribution in [0.1, 0.15) is 37.8 Å². The van der Waals surface area contributed by atoms with Gasteiger partial charge in [-0.15, -0.1) is 0 Å². The number of nitrogens with one attached hydrogen (secondary N) is 1. The molecule has 7 heteroatoms. The van der Waals surface area contributed by atoms with Gasteiger partial charge in [0.25, 0.3) is 0 Å². The molecule has 1 saturated heterocycles. The van der Waals surface area contributed by atoms with Crippen molar-refractivity contribution in [2.24, 2.45) is 5.92 Å². The molecule has 0 atom stereocenters. The summed E-state index contributed by atoms with van der Waals surface area (Å²) in [7, 11) is 0. The number of carbonyl (C=O) groups is 1. The molecule has 4 rings (SSSR count). The molecule has 0 aliphatic carbocycles. The lowest BCUT2D eigenvalue weighted by Gasteiger charge is -2.31. The Morgan fingerprint density at radius 3 is 2.30 bits per heavy atom. The maximum atomic E-state index is 13.0. The van der Waals surface area contributed by atoms with Crippen LogP contribution in [0.4, 0.5) is 11.6 Å². The van der Waals surface area contributed by atoms with Gasteiger partial charge >= 0.3 is 0 Å². The summed E-state index contributed by atoms with van der Waals surface area (Å²) < 4.78 is 1.76. The average Bonchev–Trinajstić information content (AvgIpc) is 3.30. The van der Waals surface area contributed by atoms with E-state index in [9.17, 15) is 4.79 Å². The summed E-state index contributed by atoms with van der Waals surface area (Å²) in [5.74, 6) is 0.842. The van der Waals surface area contributed by atoms with Gasteiger partial charge in [-0.3, -0.25) is 4.79 Å². The highest BCUT2D eigenvalue weighted by molar-refractivity contribution is 5.94. The van der Waals surface area contributed by atoms with Gasteiger partial charge in [0.1, 0.15) is 0 Å². The second kappa shape index (κ2) is 9.07. The van der Waals surface area contributed by atoms with E-state index >= 15 is 0 Å². The molecule has 1 amide bonds. The van der Waals surface area contributed by atoms with Gasteiger partial charge in [-0.2, -0.15) is 4.68 Å². The predicted octanol–water partition coefficient (Wildman–Crippen LogP) is 3.64. The van der Waals surface area contributed by atoms with Gasteiger partial charge in [-0.05, 0) is 59.4 Å². The first-order valence-corrected chi connectivity index (χ1v) is 10.7. The fourth-order valence-corrected chi connectivity index (χ4v) is 4.09. The molecule has 156 valence electrons. The summed E-state index contributed by atoms with van der Waals surface area (Å²) in [6, 6.07) is 16.1. The maximum Gasteiger partial charge on any atom is 0.250 e. The summed E-state index contributed by atoms with van der Waals surface area (Å²) in [5, 5.41) is 15.5. The van der Waals surface area contributed by atoms with Crippen LogP contribution in [0.2, 0.25) is 0 Å². The molecule has 2 heterocycles. The minimum atomic E-state index is -0.00285. The van der Waals surface area contributed by atoms with E-state index in [0.717, 1.165) is 56.1 Å². The Morgan fingerprint density at radius 2 is 1.67 bits per heavy atom. The van der Waals surface area contributed by atoms with Crippen molar-refractivity contribution >= 4 is 17.5 Å². The highest BCUT2D eigenvalue weighted by Crippen LogP contribution is 2.27. The quantitative estimate of drug-likeness (QED) is 0.679. The molecule has 1 aliphatic rings. The minimum Gasteiger partial charge on any atom is -0.339 e. The van der Waals surface area contributed by atoms with Gasteiger partial charge in [0.2, 0.25) is 11.9 Å². The molecule has 3 aromatic rings. The molecule has 7 nitrogen and oxygen atoms in total. The summed E-state index contributed by atoms with van der Waals surface area (Å²) in [5.41, 5.74) is 4.33. The zero-order chi connectivity index (χ0) is 20.9. The molecular weight excluding hydrogens is 376 g/mol. The number of nitrogens with zero attached hydrogens (tertiary/aromatic N) is 5. The number of piperidine rings is 1. The Hall–Kier alpha value is -3.22. The summed E-state index contributed by atoms with van der Waals surface area (Å²) in [4.78, 5) is 15.2. The van der Waals surface area contributed by atoms with E-state index in [4.69, 9.17) is 0 Å². The fourth-order valence-electron chi connectivity index (χ4n) is 4.09. The van der Waals surface area contributed by atoms with Gasteiger partial charge in [0, 0.05) is 24.7 Å². The molecule has 0 bridgehead atoms. The summed E-state index contributed by atoms with van der Waals surface area (Å²) in [6.07, 6.45) is 3.38. The van der Waals surface area contributed by atoms with Crippen LogP contribution in [0.3, 0.4) is 0 Å². The van der Waals surface area contributed by atoms with Crippen molar-refractivity contribution < 1.29 is 4.79 Å². The molecular formula is C23H28N6O. The van der Waals surface area contributed by atoms with Crippen LogP contribution in [0.15, 0.2) is 48.5 Å². The molecule has 1 N–H and O–H groups in total. The Bertz CT molecular complexity index is 970. The molecule has 2 aromatic carbocycles. The van der Waals surface area contributed by atoms with Crippen molar-refractivity contribution in [1.82, 2.24) is 20.2 Å². The maximum absolute atomic E-state index is 13.0. The van der Waals surface area contributed by atoms with Gasteiger partial charge < -0.3 is 10.2 Å². The highest BCUT2D eigenvalue weighted by Gasteiger charge is 2.28. The van der Waals surface area contributed by atoms with E-state index in [0.29, 0.717) is 0 Å². The molecule has 0 unspecified atom stereocenters. The average molecular weight is 405 g/mol. The SMILES string of the molecule is CCc1cccc(CC)c1NC(=O)C1CCN(c2nnnn2-c2ccccc2)CC1. The zero-order valence-electron chi connectivity index (χ0n) is 17.6. The smallest absolute Gasteiger partial charge is 0.250 e. The standard InChI is InChI=1S/C23H28N6O/c1-3-17-9-8-10-18(4-2)21(17)24-22(30)19-13-15-28(16-14-19)23-25-26-27-29(23)20-11-6-5-7-12-20/h5-12,19H,3-4,13-16H2,1-2H3,(H,24,30). The summed E-state index contributed by atoms with van der Waals surface area (Å²) >= 11 is 0. The molecule has 30 heavy (non-hydrogen) atoms. The monoisotopic (exact) mass is 404 g/mol. The second-order valence-corrected chi connectivity index (χ2v) is 7.64. The molecule has 1 aliphatic heterocycles. The first-order valence-electron chi connectivity index (χ1n) is 10.7. The Labute approximate surface area is 177 Å². The Balaban J connectivity index is 1.43. The topological polar surface area (TPSA) is 75.9 Å². The van der Waals surface area contributed by atoms with E-state index in [-0.39, 0.29) is 11.8 Å². The van der Waals surface area contributed by atoms with Gasteiger partial charge in [-0.25, -0.2) is 0 Å². The first-order chi connectivity index (χ1) is 14.7. The van der Waals surface area contributed by atoms with Crippen molar-refractivity contribution in [2.45, 2.75) is 39.5 Å². The van der Waals surface area contributed by atoms with Gasteiger partial charge in [-0.1, -0.05) is 55.3 Å². The van der Waals surface area contributed by atoms with Crippen LogP contribution in [-0.4, -0.2) is 39.2 Å². The Morgan fingerprint density at radius 1 is 1.00 bits per heavy atom. The third kappa shape index (κ3) is 4.06. The number of anilines is 2. The number of hydrogen-bond acceptors (Lipinski definition) is 5. The van der Waals surface area contributed by atoms with E-state index in [1.807, 2.05) is 30.3 Å². The van der Waals surface area contributed by atoms with Crippen molar-refractivity contribution in [3.8, 4) is 5.69 Å². The van der Waals surface area contributed by atoms with Crippen molar-refractivity contribution in [3.05, 3.63) is 59.7 Å². The molecule has 0 spiro atoms. The first kappa shape index (κ1) is 20.1. The van der Waals surface area contributed by atoms with Crippen LogP contribution < -0.4 is 10.2 Å².